The van der Waals surface area contributed by atoms with Crippen LogP contribution in [0, 0.1) is 11.6 Å². The molecule has 1 amide bonds. The van der Waals surface area contributed by atoms with Gasteiger partial charge in [-0.2, -0.15) is 0 Å². The van der Waals surface area contributed by atoms with E-state index in [0.29, 0.717) is 5.69 Å². The summed E-state index contributed by atoms with van der Waals surface area (Å²) in [6.07, 6.45) is 1.92. The number of hydrogen-bond donors (Lipinski definition) is 1. The van der Waals surface area contributed by atoms with Gasteiger partial charge in [-0.3, -0.25) is 4.79 Å². The number of rotatable bonds is 3. The van der Waals surface area contributed by atoms with E-state index in [2.05, 4.69) is 5.32 Å². The first-order valence-corrected chi connectivity index (χ1v) is 6.72. The standard InChI is InChI=1S/C14H11F2NOS/c1-19-13-4-2-3-12(8-13)17-14(18)9-5-10(15)7-11(16)6-9/h2-8H,1H3,(H,17,18). The average Bonchev–Trinajstić information content (AvgIpc) is 2.37. The minimum atomic E-state index is -0.775. The predicted octanol–water partition coefficient (Wildman–Crippen LogP) is 3.94. The van der Waals surface area contributed by atoms with Crippen LogP contribution in [-0.4, -0.2) is 12.2 Å². The lowest BCUT2D eigenvalue weighted by atomic mass is 10.2. The van der Waals surface area contributed by atoms with Crippen LogP contribution in [0.4, 0.5) is 14.5 Å². The number of hydrogen-bond acceptors (Lipinski definition) is 2. The van der Waals surface area contributed by atoms with Crippen molar-refractivity contribution in [1.29, 1.82) is 0 Å². The van der Waals surface area contributed by atoms with Gasteiger partial charge in [0.1, 0.15) is 11.6 Å². The van der Waals surface area contributed by atoms with E-state index in [9.17, 15) is 13.6 Å². The molecule has 0 radical (unpaired) electrons. The van der Waals surface area contributed by atoms with Crippen LogP contribution in [0.1, 0.15) is 10.4 Å². The van der Waals surface area contributed by atoms with Crippen molar-refractivity contribution in [3.05, 3.63) is 59.7 Å². The minimum Gasteiger partial charge on any atom is -0.322 e. The van der Waals surface area contributed by atoms with Crippen molar-refractivity contribution >= 4 is 23.4 Å². The average molecular weight is 279 g/mol. The second-order valence-electron chi connectivity index (χ2n) is 3.84. The lowest BCUT2D eigenvalue weighted by molar-refractivity contribution is 0.102. The zero-order chi connectivity index (χ0) is 13.8. The van der Waals surface area contributed by atoms with Gasteiger partial charge in [0, 0.05) is 22.2 Å². The number of carbonyl (C=O) groups excluding carboxylic acids is 1. The van der Waals surface area contributed by atoms with Gasteiger partial charge < -0.3 is 5.32 Å². The fourth-order valence-corrected chi connectivity index (χ4v) is 2.05. The molecule has 0 aliphatic rings. The second-order valence-corrected chi connectivity index (χ2v) is 4.72. The largest absolute Gasteiger partial charge is 0.322 e. The van der Waals surface area contributed by atoms with E-state index in [1.54, 1.807) is 18.2 Å². The third kappa shape index (κ3) is 3.54. The molecular formula is C14H11F2NOS. The van der Waals surface area contributed by atoms with Crippen LogP contribution in [0.25, 0.3) is 0 Å². The SMILES string of the molecule is CSc1cccc(NC(=O)c2cc(F)cc(F)c2)c1. The fourth-order valence-electron chi connectivity index (χ4n) is 1.59. The molecule has 0 atom stereocenters. The second kappa shape index (κ2) is 5.84. The molecule has 0 bridgehead atoms. The Morgan fingerprint density at radius 3 is 2.42 bits per heavy atom. The van der Waals surface area contributed by atoms with Crippen molar-refractivity contribution in [2.45, 2.75) is 4.90 Å². The van der Waals surface area contributed by atoms with Crippen molar-refractivity contribution in [1.82, 2.24) is 0 Å². The number of carbonyl (C=O) groups is 1. The Morgan fingerprint density at radius 2 is 1.79 bits per heavy atom. The van der Waals surface area contributed by atoms with Crippen LogP contribution < -0.4 is 5.32 Å². The number of halogens is 2. The highest BCUT2D eigenvalue weighted by Gasteiger charge is 2.09. The van der Waals surface area contributed by atoms with E-state index in [1.165, 1.54) is 11.8 Å². The van der Waals surface area contributed by atoms with Gasteiger partial charge in [-0.15, -0.1) is 11.8 Å². The van der Waals surface area contributed by atoms with Crippen molar-refractivity contribution in [2.24, 2.45) is 0 Å². The van der Waals surface area contributed by atoms with Crippen LogP contribution >= 0.6 is 11.8 Å². The topological polar surface area (TPSA) is 29.1 Å². The normalized spacial score (nSPS) is 10.3. The predicted molar refractivity (Wildman–Crippen MR) is 72.5 cm³/mol. The first-order valence-electron chi connectivity index (χ1n) is 5.50. The minimum absolute atomic E-state index is 0.0490. The molecule has 0 saturated heterocycles. The molecule has 98 valence electrons. The molecule has 2 aromatic rings. The number of nitrogens with one attached hydrogen (secondary N) is 1. The summed E-state index contributed by atoms with van der Waals surface area (Å²) in [6.45, 7) is 0. The lowest BCUT2D eigenvalue weighted by Gasteiger charge is -2.06. The highest BCUT2D eigenvalue weighted by Crippen LogP contribution is 2.19. The van der Waals surface area contributed by atoms with Gasteiger partial charge in [0.05, 0.1) is 0 Å². The monoisotopic (exact) mass is 279 g/mol. The Labute approximate surface area is 113 Å². The molecule has 0 unspecified atom stereocenters. The fraction of sp³-hybridized carbons (Fsp3) is 0.0714. The number of thioether (sulfide) groups is 1. The molecule has 1 N–H and O–H groups in total. The Balaban J connectivity index is 2.20. The van der Waals surface area contributed by atoms with E-state index in [-0.39, 0.29) is 5.56 Å². The van der Waals surface area contributed by atoms with Crippen molar-refractivity contribution in [2.75, 3.05) is 11.6 Å². The number of amides is 1. The van der Waals surface area contributed by atoms with Gasteiger partial charge in [0.25, 0.3) is 5.91 Å². The molecule has 0 fully saturated rings. The van der Waals surface area contributed by atoms with Gasteiger partial charge in [0.15, 0.2) is 0 Å². The zero-order valence-electron chi connectivity index (χ0n) is 10.1. The Bertz CT molecular complexity index is 596. The maximum Gasteiger partial charge on any atom is 0.255 e. The van der Waals surface area contributed by atoms with E-state index in [4.69, 9.17) is 0 Å². The van der Waals surface area contributed by atoms with E-state index in [1.807, 2.05) is 12.3 Å². The lowest BCUT2D eigenvalue weighted by Crippen LogP contribution is -2.12. The molecule has 0 aromatic heterocycles. The summed E-state index contributed by atoms with van der Waals surface area (Å²) < 4.78 is 26.0. The van der Waals surface area contributed by atoms with E-state index in [0.717, 1.165) is 23.1 Å². The Hall–Kier alpha value is -1.88. The van der Waals surface area contributed by atoms with Crippen molar-refractivity contribution in [3.63, 3.8) is 0 Å². The Kier molecular flexibility index (Phi) is 4.16. The molecule has 2 aromatic carbocycles. The van der Waals surface area contributed by atoms with Gasteiger partial charge >= 0.3 is 0 Å². The molecule has 0 aliphatic carbocycles. The van der Waals surface area contributed by atoms with E-state index >= 15 is 0 Å². The summed E-state index contributed by atoms with van der Waals surface area (Å²) in [5, 5.41) is 2.60. The summed E-state index contributed by atoms with van der Waals surface area (Å²) in [5.74, 6) is -2.09. The molecule has 0 heterocycles. The Morgan fingerprint density at radius 1 is 1.11 bits per heavy atom. The smallest absolute Gasteiger partial charge is 0.255 e. The number of benzene rings is 2. The van der Waals surface area contributed by atoms with Crippen molar-refractivity contribution in [3.8, 4) is 0 Å². The van der Waals surface area contributed by atoms with Crippen LogP contribution in [0.3, 0.4) is 0 Å². The molecule has 2 rings (SSSR count). The van der Waals surface area contributed by atoms with Crippen molar-refractivity contribution < 1.29 is 13.6 Å². The molecule has 5 heteroatoms. The summed E-state index contributed by atoms with van der Waals surface area (Å²) in [6, 6.07) is 9.93. The first kappa shape index (κ1) is 13.5. The van der Waals surface area contributed by atoms with Crippen LogP contribution in [0.15, 0.2) is 47.4 Å². The van der Waals surface area contributed by atoms with Crippen LogP contribution in [-0.2, 0) is 0 Å². The summed E-state index contributed by atoms with van der Waals surface area (Å²) in [5.41, 5.74) is 0.536. The highest BCUT2D eigenvalue weighted by molar-refractivity contribution is 7.98. The molecule has 0 saturated carbocycles. The third-order valence-corrected chi connectivity index (χ3v) is 3.18. The maximum absolute atomic E-state index is 13.0. The zero-order valence-corrected chi connectivity index (χ0v) is 10.9. The van der Waals surface area contributed by atoms with Gasteiger partial charge in [-0.05, 0) is 36.6 Å². The van der Waals surface area contributed by atoms with Gasteiger partial charge in [-0.25, -0.2) is 8.78 Å². The van der Waals surface area contributed by atoms with E-state index < -0.39 is 17.5 Å². The molecule has 2 nitrogen and oxygen atoms in total. The summed E-state index contributed by atoms with van der Waals surface area (Å²) >= 11 is 1.54. The molecular weight excluding hydrogens is 268 g/mol. The van der Waals surface area contributed by atoms with Crippen LogP contribution in [0.5, 0.6) is 0 Å². The third-order valence-electron chi connectivity index (χ3n) is 2.45. The van der Waals surface area contributed by atoms with Gasteiger partial charge in [-0.1, -0.05) is 6.07 Å². The molecule has 19 heavy (non-hydrogen) atoms. The number of anilines is 1. The van der Waals surface area contributed by atoms with Crippen LogP contribution in [0.2, 0.25) is 0 Å². The summed E-state index contributed by atoms with van der Waals surface area (Å²) in [7, 11) is 0. The molecule has 0 spiro atoms. The maximum atomic E-state index is 13.0. The van der Waals surface area contributed by atoms with Gasteiger partial charge in [0.2, 0.25) is 0 Å². The first-order chi connectivity index (χ1) is 9.08. The summed E-state index contributed by atoms with van der Waals surface area (Å²) in [4.78, 5) is 12.9. The highest BCUT2D eigenvalue weighted by atomic mass is 32.2. The quantitative estimate of drug-likeness (QED) is 0.862. The molecule has 0 aliphatic heterocycles.